The van der Waals surface area contributed by atoms with Gasteiger partial charge in [0.05, 0.1) is 24.2 Å². The van der Waals surface area contributed by atoms with E-state index < -0.39 is 22.0 Å². The Morgan fingerprint density at radius 1 is 0.745 bits per heavy atom. The molecule has 8 atom stereocenters. The number of nitrogens with two attached hydrogens (primary N) is 1. The first-order chi connectivity index (χ1) is 24.4. The average molecular weight is 700 g/mol. The molecule has 274 valence electrons. The quantitative estimate of drug-likeness (QED) is 0.286. The molecule has 4 bridgehead atoms. The van der Waals surface area contributed by atoms with Crippen LogP contribution in [0.1, 0.15) is 86.5 Å². The molecule has 2 saturated heterocycles. The summed E-state index contributed by atoms with van der Waals surface area (Å²) in [5, 5.41) is 44.1. The van der Waals surface area contributed by atoms with Crippen LogP contribution in [0, 0.1) is 23.7 Å². The number of phenolic OH excluding ortho intramolecular Hbond substituents is 2. The van der Waals surface area contributed by atoms with E-state index in [1.165, 1.54) is 43.9 Å². The minimum atomic E-state index is -0.931. The van der Waals surface area contributed by atoms with Gasteiger partial charge in [0.25, 0.3) is 0 Å². The summed E-state index contributed by atoms with van der Waals surface area (Å²) in [4.78, 5) is 29.3. The molecular formula is C41H53N3O7. The number of hydrogen-bond donors (Lipinski definition) is 5. The summed E-state index contributed by atoms with van der Waals surface area (Å²) in [6.07, 6.45) is 10.5. The molecular weight excluding hydrogens is 646 g/mol. The van der Waals surface area contributed by atoms with Gasteiger partial charge in [0.2, 0.25) is 5.91 Å². The molecule has 4 saturated carbocycles. The first-order valence-corrected chi connectivity index (χ1v) is 19.3. The van der Waals surface area contributed by atoms with Gasteiger partial charge in [-0.1, -0.05) is 12.1 Å². The van der Waals surface area contributed by atoms with Gasteiger partial charge < -0.3 is 30.9 Å². The number of piperidine rings is 2. The van der Waals surface area contributed by atoms with Crippen molar-refractivity contribution < 1.29 is 34.8 Å². The molecule has 2 aliphatic heterocycles. The van der Waals surface area contributed by atoms with Crippen LogP contribution in [0.15, 0.2) is 36.4 Å². The van der Waals surface area contributed by atoms with Crippen molar-refractivity contribution in [2.75, 3.05) is 33.3 Å². The maximum Gasteiger partial charge on any atom is 0.308 e. The Morgan fingerprint density at radius 3 is 1.63 bits per heavy atom. The van der Waals surface area contributed by atoms with Crippen molar-refractivity contribution in [3.05, 3.63) is 58.7 Å². The molecule has 10 rings (SSSR count). The summed E-state index contributed by atoms with van der Waals surface area (Å²) in [6, 6.07) is 11.2. The Bertz CT molecular complexity index is 1760. The van der Waals surface area contributed by atoms with E-state index in [9.17, 15) is 30.0 Å². The lowest BCUT2D eigenvalue weighted by atomic mass is 9.56. The number of phenols is 2. The number of hydrogen-bond acceptors (Lipinski definition) is 9. The number of esters is 1. The predicted octanol–water partition coefficient (Wildman–Crippen LogP) is 3.28. The summed E-state index contributed by atoms with van der Waals surface area (Å²) in [5.74, 6) is 0.915. The predicted molar refractivity (Wildman–Crippen MR) is 189 cm³/mol. The van der Waals surface area contributed by atoms with Crippen molar-refractivity contribution in [2.24, 2.45) is 29.4 Å². The van der Waals surface area contributed by atoms with Crippen molar-refractivity contribution in [3.63, 3.8) is 0 Å². The maximum atomic E-state index is 12.3. The maximum absolute atomic E-state index is 12.3. The second-order valence-corrected chi connectivity index (χ2v) is 17.6. The third-order valence-corrected chi connectivity index (χ3v) is 15.0. The van der Waals surface area contributed by atoms with E-state index in [1.54, 1.807) is 12.1 Å². The van der Waals surface area contributed by atoms with Crippen LogP contribution in [0.2, 0.25) is 0 Å². The highest BCUT2D eigenvalue weighted by atomic mass is 16.5. The lowest BCUT2D eigenvalue weighted by Gasteiger charge is -2.59. The first kappa shape index (κ1) is 33.6. The Hall–Kier alpha value is -3.18. The summed E-state index contributed by atoms with van der Waals surface area (Å²) >= 11 is 0. The fourth-order valence-electron chi connectivity index (χ4n) is 12.2. The van der Waals surface area contributed by atoms with Crippen molar-refractivity contribution >= 4 is 11.9 Å². The van der Waals surface area contributed by atoms with Gasteiger partial charge in [-0.3, -0.25) is 19.4 Å². The molecule has 0 aromatic heterocycles. The first-order valence-electron chi connectivity index (χ1n) is 19.3. The van der Waals surface area contributed by atoms with Gasteiger partial charge in [-0.2, -0.15) is 0 Å². The fourth-order valence-corrected chi connectivity index (χ4v) is 12.2. The van der Waals surface area contributed by atoms with Crippen molar-refractivity contribution in [2.45, 2.75) is 111 Å². The Labute approximate surface area is 300 Å². The Balaban J connectivity index is 0.000000137. The number of carbonyl (C=O) groups is 2. The molecule has 0 radical (unpaired) electrons. The van der Waals surface area contributed by atoms with E-state index in [-0.39, 0.29) is 47.3 Å². The number of likely N-dealkylation sites (tertiary alicyclic amines) is 2. The summed E-state index contributed by atoms with van der Waals surface area (Å²) in [5.41, 5.74) is 7.39. The average Bonchev–Trinajstić information content (AvgIpc) is 4.03. The van der Waals surface area contributed by atoms with Crippen LogP contribution < -0.4 is 5.73 Å². The smallest absolute Gasteiger partial charge is 0.308 e. The van der Waals surface area contributed by atoms with E-state index in [4.69, 9.17) is 10.5 Å². The molecule has 0 spiro atoms. The van der Waals surface area contributed by atoms with Gasteiger partial charge in [0, 0.05) is 41.9 Å². The highest BCUT2D eigenvalue weighted by Gasteiger charge is 2.69. The molecule has 10 heteroatoms. The zero-order valence-corrected chi connectivity index (χ0v) is 29.7. The van der Waals surface area contributed by atoms with Crippen LogP contribution in [0.5, 0.6) is 11.5 Å². The third-order valence-electron chi connectivity index (χ3n) is 15.0. The summed E-state index contributed by atoms with van der Waals surface area (Å²) in [7, 11) is 1.43. The number of carbonyl (C=O) groups excluding carboxylic acids is 2. The molecule has 2 aromatic carbocycles. The zero-order chi connectivity index (χ0) is 35.5. The zero-order valence-electron chi connectivity index (χ0n) is 29.7. The number of primary amides is 1. The number of aromatic hydroxyl groups is 2. The monoisotopic (exact) mass is 699 g/mol. The number of amides is 1. The topological polar surface area (TPSA) is 157 Å². The molecule has 6 fully saturated rings. The highest BCUT2D eigenvalue weighted by molar-refractivity contribution is 5.78. The van der Waals surface area contributed by atoms with Crippen molar-refractivity contribution in [1.82, 2.24) is 9.80 Å². The SMILES string of the molecule is COC(=O)[C@@H]1C[C@]23CCN(CC4CC4)[C@H](Cc4ccc(O)cc42)[C@]3(O)C1.NC(=O)[C@@H]1C[C@]23CCN(CC4CC4)[C@H](Cc4ccc(O)cc42)[C@]3(O)C1. The normalized spacial score (nSPS) is 39.1. The van der Waals surface area contributed by atoms with Gasteiger partial charge >= 0.3 is 5.97 Å². The molecule has 8 aliphatic rings. The second kappa shape index (κ2) is 11.7. The van der Waals surface area contributed by atoms with Crippen LogP contribution in [0.25, 0.3) is 0 Å². The number of methoxy groups -OCH3 is 1. The highest BCUT2D eigenvalue weighted by Crippen LogP contribution is 2.63. The van der Waals surface area contributed by atoms with Crippen LogP contribution in [0.3, 0.4) is 0 Å². The minimum Gasteiger partial charge on any atom is -0.508 e. The number of ether oxygens (including phenoxy) is 1. The van der Waals surface area contributed by atoms with Crippen molar-refractivity contribution in [3.8, 4) is 11.5 Å². The molecule has 6 aliphatic carbocycles. The van der Waals surface area contributed by atoms with Gasteiger partial charge in [-0.25, -0.2) is 0 Å². The van der Waals surface area contributed by atoms with Crippen LogP contribution in [-0.4, -0.2) is 98.7 Å². The van der Waals surface area contributed by atoms with Crippen molar-refractivity contribution in [1.29, 1.82) is 0 Å². The number of benzene rings is 2. The number of rotatable bonds is 6. The Morgan fingerprint density at radius 2 is 1.20 bits per heavy atom. The summed E-state index contributed by atoms with van der Waals surface area (Å²) < 4.78 is 5.03. The van der Waals surface area contributed by atoms with E-state index in [0.717, 1.165) is 74.8 Å². The number of fused-ring (bicyclic) bond motifs is 2. The molecule has 6 N–H and O–H groups in total. The molecule has 2 heterocycles. The van der Waals surface area contributed by atoms with Gasteiger partial charge in [0.1, 0.15) is 11.5 Å². The van der Waals surface area contributed by atoms with E-state index in [1.807, 2.05) is 24.3 Å². The summed E-state index contributed by atoms with van der Waals surface area (Å²) in [6.45, 7) is 4.01. The molecule has 0 unspecified atom stereocenters. The number of aliphatic hydroxyl groups is 2. The third kappa shape index (κ3) is 5.02. The van der Waals surface area contributed by atoms with Gasteiger partial charge in [-0.15, -0.1) is 0 Å². The lowest BCUT2D eigenvalue weighted by Crippen LogP contribution is -2.69. The number of nitrogens with zero attached hydrogens (tertiary/aromatic N) is 2. The molecule has 10 nitrogen and oxygen atoms in total. The molecule has 1 amide bonds. The minimum absolute atomic E-state index is 0.0447. The fraction of sp³-hybridized carbons (Fsp3) is 0.659. The standard InChI is InChI=1S/C21H27NO4.C20H26N2O3/c1-26-19(24)15-10-20-6-7-22(12-13-2-3-13)18(21(20,25)11-15)8-14-4-5-16(23)9-17(14)20;21-18(24)14-9-19-5-6-22(11-12-1-2-12)17(20(19,25)10-14)7-13-3-4-15(23)8-16(13)19/h4-5,9,13,15,18,23,25H,2-3,6-8,10-12H2,1H3;3-4,8,12,14,17,23,25H,1-2,5-7,9-11H2,(H2,21,24)/t15-,18-,20-,21-;14-,17-,19-,20-/m11/s1. The van der Waals surface area contributed by atoms with E-state index in [0.29, 0.717) is 25.7 Å². The largest absolute Gasteiger partial charge is 0.508 e. The molecule has 2 aromatic rings. The van der Waals surface area contributed by atoms with Gasteiger partial charge in [-0.05, 0) is 148 Å². The Kier molecular flexibility index (Phi) is 7.69. The van der Waals surface area contributed by atoms with Crippen LogP contribution in [-0.2, 0) is 38.0 Å². The van der Waals surface area contributed by atoms with Gasteiger partial charge in [0.15, 0.2) is 0 Å². The van der Waals surface area contributed by atoms with E-state index in [2.05, 4.69) is 9.80 Å². The molecule has 51 heavy (non-hydrogen) atoms. The van der Waals surface area contributed by atoms with Crippen LogP contribution >= 0.6 is 0 Å². The van der Waals surface area contributed by atoms with E-state index >= 15 is 0 Å². The second-order valence-electron chi connectivity index (χ2n) is 17.6. The van der Waals surface area contributed by atoms with Crippen LogP contribution in [0.4, 0.5) is 0 Å². The lowest BCUT2D eigenvalue weighted by molar-refractivity contribution is -0.147.